The molecule has 0 radical (unpaired) electrons. The van der Waals surface area contributed by atoms with E-state index in [2.05, 4.69) is 10.6 Å². The molecule has 0 heterocycles. The minimum Gasteiger partial charge on any atom is -0.480 e. The van der Waals surface area contributed by atoms with Crippen LogP contribution in [0.3, 0.4) is 0 Å². The van der Waals surface area contributed by atoms with Crippen LogP contribution in [0.5, 0.6) is 0 Å². The summed E-state index contributed by atoms with van der Waals surface area (Å²) in [7, 11) is 0. The van der Waals surface area contributed by atoms with Gasteiger partial charge in [-0.2, -0.15) is 0 Å². The number of rotatable bonds is 9. The summed E-state index contributed by atoms with van der Waals surface area (Å²) in [6.07, 6.45) is 0.753. The van der Waals surface area contributed by atoms with Crippen molar-refractivity contribution in [2.24, 2.45) is 0 Å². The Labute approximate surface area is 170 Å². The molecular weight excluding hydrogens is 367 g/mol. The van der Waals surface area contributed by atoms with Crippen LogP contribution >= 0.6 is 0 Å². The average Bonchev–Trinajstić information content (AvgIpc) is 2.75. The van der Waals surface area contributed by atoms with Gasteiger partial charge in [-0.05, 0) is 48.4 Å². The van der Waals surface area contributed by atoms with Gasteiger partial charge in [0.15, 0.2) is 5.54 Å². The summed E-state index contributed by atoms with van der Waals surface area (Å²) in [6.45, 7) is 2.47. The van der Waals surface area contributed by atoms with Crippen molar-refractivity contribution in [3.05, 3.63) is 102 Å². The van der Waals surface area contributed by atoms with E-state index in [1.807, 2.05) is 67.6 Å². The highest BCUT2D eigenvalue weighted by atomic mass is 19.1. The zero-order valence-corrected chi connectivity index (χ0v) is 16.3. The Morgan fingerprint density at radius 1 is 0.966 bits per heavy atom. The van der Waals surface area contributed by atoms with Crippen molar-refractivity contribution in [3.8, 4) is 0 Å². The van der Waals surface area contributed by atoms with E-state index in [4.69, 9.17) is 0 Å². The standard InChI is InChI=1S/C24H25FN2O2/c1-2-17-26-24(23(28)29,19-13-15-20(25)16-14-19)22(18-9-5-3-6-10-18)27-21-11-7-4-8-12-21/h3-16,22,26-27H,2,17H2,1H3,(H,28,29). The Bertz CT molecular complexity index is 917. The van der Waals surface area contributed by atoms with Gasteiger partial charge in [0.1, 0.15) is 5.82 Å². The van der Waals surface area contributed by atoms with Crippen LogP contribution in [0.2, 0.25) is 0 Å². The number of benzene rings is 3. The van der Waals surface area contributed by atoms with Crippen molar-refractivity contribution < 1.29 is 14.3 Å². The molecule has 3 rings (SSSR count). The van der Waals surface area contributed by atoms with E-state index in [9.17, 15) is 14.3 Å². The van der Waals surface area contributed by atoms with Crippen LogP contribution in [0.15, 0.2) is 84.9 Å². The lowest BCUT2D eigenvalue weighted by molar-refractivity contribution is -0.146. The second-order valence-electron chi connectivity index (χ2n) is 6.90. The smallest absolute Gasteiger partial charge is 0.331 e. The van der Waals surface area contributed by atoms with Gasteiger partial charge in [-0.15, -0.1) is 0 Å². The van der Waals surface area contributed by atoms with Gasteiger partial charge in [0.05, 0.1) is 6.04 Å². The maximum absolute atomic E-state index is 13.6. The molecule has 2 atom stereocenters. The molecule has 0 bridgehead atoms. The van der Waals surface area contributed by atoms with Gasteiger partial charge in [-0.1, -0.05) is 67.6 Å². The maximum atomic E-state index is 13.6. The van der Waals surface area contributed by atoms with Gasteiger partial charge in [-0.3, -0.25) is 5.32 Å². The SMILES string of the molecule is CCCNC(C(=O)O)(c1ccc(F)cc1)C(Nc1ccccc1)c1ccccc1. The molecule has 0 spiro atoms. The molecule has 3 aromatic carbocycles. The second kappa shape index (κ2) is 9.34. The summed E-state index contributed by atoms with van der Waals surface area (Å²) in [6, 6.07) is 24.0. The van der Waals surface area contributed by atoms with Crippen LogP contribution < -0.4 is 10.6 Å². The third-order valence-corrected chi connectivity index (χ3v) is 4.94. The van der Waals surface area contributed by atoms with Crippen LogP contribution in [-0.2, 0) is 10.3 Å². The van der Waals surface area contributed by atoms with Gasteiger partial charge in [0, 0.05) is 5.69 Å². The van der Waals surface area contributed by atoms with Crippen LogP contribution in [0.1, 0.15) is 30.5 Å². The second-order valence-corrected chi connectivity index (χ2v) is 6.90. The molecule has 0 saturated carbocycles. The number of nitrogens with one attached hydrogen (secondary N) is 2. The predicted octanol–water partition coefficient (Wildman–Crippen LogP) is 4.96. The molecule has 0 saturated heterocycles. The van der Waals surface area contributed by atoms with Crippen molar-refractivity contribution in [2.45, 2.75) is 24.9 Å². The Morgan fingerprint density at radius 3 is 2.10 bits per heavy atom. The van der Waals surface area contributed by atoms with E-state index < -0.39 is 23.4 Å². The molecule has 0 aliphatic carbocycles. The van der Waals surface area contributed by atoms with Crippen molar-refractivity contribution >= 4 is 11.7 Å². The highest BCUT2D eigenvalue weighted by molar-refractivity contribution is 5.83. The predicted molar refractivity (Wildman–Crippen MR) is 113 cm³/mol. The summed E-state index contributed by atoms with van der Waals surface area (Å²) in [5.74, 6) is -1.44. The third kappa shape index (κ3) is 4.46. The topological polar surface area (TPSA) is 61.4 Å². The number of aliphatic carboxylic acids is 1. The van der Waals surface area contributed by atoms with Crippen molar-refractivity contribution in [2.75, 3.05) is 11.9 Å². The summed E-state index contributed by atoms with van der Waals surface area (Å²) < 4.78 is 13.6. The molecule has 150 valence electrons. The largest absolute Gasteiger partial charge is 0.480 e. The third-order valence-electron chi connectivity index (χ3n) is 4.94. The Hall–Kier alpha value is -3.18. The van der Waals surface area contributed by atoms with Gasteiger partial charge >= 0.3 is 5.97 Å². The number of hydrogen-bond donors (Lipinski definition) is 3. The summed E-state index contributed by atoms with van der Waals surface area (Å²) in [5, 5.41) is 17.1. The first-order valence-electron chi connectivity index (χ1n) is 9.69. The molecule has 2 unspecified atom stereocenters. The normalized spacial score (nSPS) is 14.0. The number of carboxylic acid groups (broad SMARTS) is 1. The highest BCUT2D eigenvalue weighted by Crippen LogP contribution is 2.38. The lowest BCUT2D eigenvalue weighted by atomic mass is 9.78. The number of carbonyl (C=O) groups is 1. The molecule has 0 fully saturated rings. The van der Waals surface area contributed by atoms with Crippen LogP contribution in [0.4, 0.5) is 10.1 Å². The van der Waals surface area contributed by atoms with E-state index in [0.29, 0.717) is 12.1 Å². The van der Waals surface area contributed by atoms with Crippen molar-refractivity contribution in [1.82, 2.24) is 5.32 Å². The zero-order chi connectivity index (χ0) is 20.7. The number of halogens is 1. The molecule has 3 aromatic rings. The summed E-state index contributed by atoms with van der Waals surface area (Å²) in [4.78, 5) is 12.8. The first-order chi connectivity index (χ1) is 14.1. The fourth-order valence-electron chi connectivity index (χ4n) is 3.52. The minimum absolute atomic E-state index is 0.407. The minimum atomic E-state index is -1.50. The van der Waals surface area contributed by atoms with E-state index in [0.717, 1.165) is 17.7 Å². The van der Waals surface area contributed by atoms with E-state index in [1.165, 1.54) is 24.3 Å². The molecule has 0 aliphatic rings. The lowest BCUT2D eigenvalue weighted by Gasteiger charge is -2.40. The Balaban J connectivity index is 2.20. The number of carboxylic acids is 1. The first-order valence-corrected chi connectivity index (χ1v) is 9.69. The molecule has 5 heteroatoms. The van der Waals surface area contributed by atoms with Crippen LogP contribution in [0, 0.1) is 5.82 Å². The average molecular weight is 392 g/mol. The molecule has 4 nitrogen and oxygen atoms in total. The summed E-state index contributed by atoms with van der Waals surface area (Å²) in [5.41, 5.74) is 0.595. The van der Waals surface area contributed by atoms with E-state index in [-0.39, 0.29) is 0 Å². The van der Waals surface area contributed by atoms with Crippen LogP contribution in [0.25, 0.3) is 0 Å². The van der Waals surface area contributed by atoms with Gasteiger partial charge < -0.3 is 10.4 Å². The fourth-order valence-corrected chi connectivity index (χ4v) is 3.52. The number of anilines is 1. The molecule has 0 aromatic heterocycles. The van der Waals surface area contributed by atoms with Gasteiger partial charge in [0.25, 0.3) is 0 Å². The number of hydrogen-bond acceptors (Lipinski definition) is 3. The summed E-state index contributed by atoms with van der Waals surface area (Å²) >= 11 is 0. The van der Waals surface area contributed by atoms with Crippen molar-refractivity contribution in [1.29, 1.82) is 0 Å². The molecule has 0 aliphatic heterocycles. The van der Waals surface area contributed by atoms with Crippen LogP contribution in [-0.4, -0.2) is 17.6 Å². The quantitative estimate of drug-likeness (QED) is 0.482. The fraction of sp³-hybridized carbons (Fsp3) is 0.208. The van der Waals surface area contributed by atoms with Crippen molar-refractivity contribution in [3.63, 3.8) is 0 Å². The zero-order valence-electron chi connectivity index (χ0n) is 16.3. The highest BCUT2D eigenvalue weighted by Gasteiger charge is 2.48. The first kappa shape index (κ1) is 20.6. The molecular formula is C24H25FN2O2. The Morgan fingerprint density at radius 2 is 1.55 bits per heavy atom. The molecule has 0 amide bonds. The van der Waals surface area contributed by atoms with Gasteiger partial charge in [0.2, 0.25) is 0 Å². The number of para-hydroxylation sites is 1. The maximum Gasteiger partial charge on any atom is 0.331 e. The molecule has 3 N–H and O–H groups in total. The van der Waals surface area contributed by atoms with E-state index >= 15 is 0 Å². The van der Waals surface area contributed by atoms with Gasteiger partial charge in [-0.25, -0.2) is 9.18 Å². The Kier molecular flexibility index (Phi) is 6.62. The monoisotopic (exact) mass is 392 g/mol. The lowest BCUT2D eigenvalue weighted by Crippen LogP contribution is -2.56. The molecule has 29 heavy (non-hydrogen) atoms. The van der Waals surface area contributed by atoms with E-state index in [1.54, 1.807) is 0 Å².